The quantitative estimate of drug-likeness (QED) is 0.157. The van der Waals surface area contributed by atoms with Gasteiger partial charge in [0.2, 0.25) is 0 Å². The molecule has 2 aromatic rings. The lowest BCUT2D eigenvalue weighted by atomic mass is 9.77. The molecule has 4 saturated heterocycles. The predicted molar refractivity (Wildman–Crippen MR) is 265 cm³/mol. The van der Waals surface area contributed by atoms with Gasteiger partial charge in [-0.25, -0.2) is 0 Å². The molecule has 68 heavy (non-hydrogen) atoms. The van der Waals surface area contributed by atoms with E-state index in [1.807, 2.05) is 86.5 Å². The summed E-state index contributed by atoms with van der Waals surface area (Å²) in [6, 6.07) is 14.7. The number of piperidine rings is 2. The zero-order valence-corrected chi connectivity index (χ0v) is 45.1. The molecule has 14 nitrogen and oxygen atoms in total. The van der Waals surface area contributed by atoms with Crippen molar-refractivity contribution in [2.75, 3.05) is 67.8 Å². The molecule has 0 aromatic heterocycles. The van der Waals surface area contributed by atoms with Gasteiger partial charge >= 0.3 is 0 Å². The standard InChI is InChI=1S/C54H90N4O10/c1-37(67-57-49(7,8)29-53(30-50(57,9)10)63-33-47(3,4)34-64-53)39-19-23-41(24-20-39)61-27-43(59)45(55(15)16)46(56(17)18)44(60)28-62-42-25-21-40(22-26-42)38(2)68-58-51(11,12)31-54(32-52(58,13)14)65-35-48(5,6)36-66-54/h19-26,37-38,43-46,59-60H,27-36H2,1-18H3. The van der Waals surface area contributed by atoms with Crippen LogP contribution in [0.15, 0.2) is 48.5 Å². The Morgan fingerprint density at radius 1 is 0.485 bits per heavy atom. The summed E-state index contributed by atoms with van der Waals surface area (Å²) in [7, 11) is 7.61. The van der Waals surface area contributed by atoms with Gasteiger partial charge in [0.25, 0.3) is 0 Å². The van der Waals surface area contributed by atoms with Crippen molar-refractivity contribution in [3.05, 3.63) is 59.7 Å². The lowest BCUT2D eigenvalue weighted by molar-refractivity contribution is -0.388. The van der Waals surface area contributed by atoms with E-state index in [-0.39, 0.29) is 58.4 Å². The highest BCUT2D eigenvalue weighted by Crippen LogP contribution is 2.51. The highest BCUT2D eigenvalue weighted by Gasteiger charge is 2.58. The second-order valence-electron chi connectivity index (χ2n) is 25.1. The molecule has 6 unspecified atom stereocenters. The van der Waals surface area contributed by atoms with Gasteiger partial charge in [0.1, 0.15) is 49.1 Å². The molecule has 0 saturated carbocycles. The van der Waals surface area contributed by atoms with Crippen molar-refractivity contribution in [3.63, 3.8) is 0 Å². The first-order valence-electron chi connectivity index (χ1n) is 24.9. The third kappa shape index (κ3) is 12.8. The average molecular weight is 955 g/mol. The summed E-state index contributed by atoms with van der Waals surface area (Å²) >= 11 is 0. The Kier molecular flexibility index (Phi) is 16.3. The molecule has 0 aliphatic carbocycles. The molecule has 6 atom stereocenters. The largest absolute Gasteiger partial charge is 0.491 e. The number of likely N-dealkylation sites (N-methyl/N-ethyl adjacent to an activating group) is 2. The lowest BCUT2D eigenvalue weighted by Gasteiger charge is -2.59. The first-order chi connectivity index (χ1) is 31.3. The number of aliphatic hydroxyl groups is 2. The Morgan fingerprint density at radius 3 is 1.00 bits per heavy atom. The summed E-state index contributed by atoms with van der Waals surface area (Å²) in [6.45, 7) is 33.1. The van der Waals surface area contributed by atoms with Crippen LogP contribution in [0.1, 0.15) is 146 Å². The van der Waals surface area contributed by atoms with E-state index in [4.69, 9.17) is 38.1 Å². The molecule has 2 spiro atoms. The highest BCUT2D eigenvalue weighted by molar-refractivity contribution is 5.29. The predicted octanol–water partition coefficient (Wildman–Crippen LogP) is 8.56. The summed E-state index contributed by atoms with van der Waals surface area (Å²) in [4.78, 5) is 17.4. The lowest BCUT2D eigenvalue weighted by Crippen LogP contribution is -2.68. The molecule has 4 fully saturated rings. The molecular weight excluding hydrogens is 865 g/mol. The van der Waals surface area contributed by atoms with Crippen molar-refractivity contribution in [3.8, 4) is 11.5 Å². The van der Waals surface area contributed by atoms with Crippen LogP contribution >= 0.6 is 0 Å². The van der Waals surface area contributed by atoms with Gasteiger partial charge < -0.3 is 48.4 Å². The number of nitrogens with zero attached hydrogens (tertiary/aromatic N) is 4. The van der Waals surface area contributed by atoms with E-state index in [2.05, 4.69) is 107 Å². The Balaban J connectivity index is 1.00. The number of benzene rings is 2. The number of hydrogen-bond donors (Lipinski definition) is 2. The first-order valence-corrected chi connectivity index (χ1v) is 24.9. The molecular formula is C54H90N4O10. The molecule has 4 aliphatic rings. The monoisotopic (exact) mass is 955 g/mol. The van der Waals surface area contributed by atoms with E-state index < -0.39 is 35.9 Å². The third-order valence-corrected chi connectivity index (χ3v) is 14.3. The molecule has 4 aliphatic heterocycles. The summed E-state index contributed by atoms with van der Waals surface area (Å²) in [5.74, 6) is 0.00480. The maximum absolute atomic E-state index is 11.7. The number of ether oxygens (including phenoxy) is 6. The maximum atomic E-state index is 11.7. The van der Waals surface area contributed by atoms with E-state index in [9.17, 15) is 10.2 Å². The SMILES string of the molecule is CC(ON1C(C)(C)CC2(CC1(C)C)OCC(C)(C)CO2)c1ccc(OCC(O)C(C(C(O)COc2ccc(C(C)ON3C(C)(C)CC4(CC3(C)C)OCC(C)(C)CO4)cc2)N(C)C)N(C)C)cc1. The van der Waals surface area contributed by atoms with Crippen LogP contribution in [0.2, 0.25) is 0 Å². The molecule has 0 amide bonds. The van der Waals surface area contributed by atoms with Crippen molar-refractivity contribution in [2.24, 2.45) is 10.8 Å². The molecule has 386 valence electrons. The van der Waals surface area contributed by atoms with Crippen LogP contribution < -0.4 is 9.47 Å². The fourth-order valence-electron chi connectivity index (χ4n) is 11.6. The van der Waals surface area contributed by atoms with Gasteiger partial charge in [0.05, 0.1) is 38.5 Å². The summed E-state index contributed by atoms with van der Waals surface area (Å²) < 4.78 is 38.2. The molecule has 0 radical (unpaired) electrons. The Morgan fingerprint density at radius 2 is 0.750 bits per heavy atom. The minimum absolute atomic E-state index is 0.00182. The number of rotatable bonds is 17. The topological polar surface area (TPSA) is 127 Å². The Hall–Kier alpha value is -2.44. The molecule has 14 heteroatoms. The van der Waals surface area contributed by atoms with Gasteiger partial charge in [0.15, 0.2) is 11.6 Å². The van der Waals surface area contributed by atoms with Crippen molar-refractivity contribution < 1.29 is 48.3 Å². The minimum Gasteiger partial charge on any atom is -0.491 e. The number of hydrogen-bond acceptors (Lipinski definition) is 14. The number of hydroxylamine groups is 4. The fourth-order valence-corrected chi connectivity index (χ4v) is 11.6. The van der Waals surface area contributed by atoms with Crippen molar-refractivity contribution in [2.45, 2.75) is 193 Å². The van der Waals surface area contributed by atoms with Gasteiger partial charge in [-0.3, -0.25) is 9.68 Å². The van der Waals surface area contributed by atoms with Crippen LogP contribution in [-0.2, 0) is 28.6 Å². The van der Waals surface area contributed by atoms with Crippen molar-refractivity contribution >= 4 is 0 Å². The Bertz CT molecular complexity index is 1750. The molecule has 6 rings (SSSR count). The molecule has 2 aromatic carbocycles. The molecule has 4 heterocycles. The van der Waals surface area contributed by atoms with Gasteiger partial charge in [-0.15, -0.1) is 0 Å². The van der Waals surface area contributed by atoms with Crippen molar-refractivity contribution in [1.82, 2.24) is 19.9 Å². The smallest absolute Gasteiger partial charge is 0.171 e. The Labute approximate surface area is 409 Å². The van der Waals surface area contributed by atoms with Gasteiger partial charge in [-0.05, 0) is 133 Å². The molecule has 2 N–H and O–H groups in total. The highest BCUT2D eigenvalue weighted by atomic mass is 16.7. The normalized spacial score (nSPS) is 26.5. The zero-order chi connectivity index (χ0) is 50.5. The summed E-state index contributed by atoms with van der Waals surface area (Å²) in [6.07, 6.45) is 0.469. The zero-order valence-electron chi connectivity index (χ0n) is 45.1. The average Bonchev–Trinajstić information content (AvgIpc) is 3.22. The van der Waals surface area contributed by atoms with Crippen molar-refractivity contribution in [1.29, 1.82) is 0 Å². The van der Waals surface area contributed by atoms with Crippen LogP contribution in [0.3, 0.4) is 0 Å². The van der Waals surface area contributed by atoms with E-state index in [0.717, 1.165) is 11.1 Å². The first kappa shape index (κ1) is 54.9. The van der Waals surface area contributed by atoms with Crippen LogP contribution in [0.5, 0.6) is 11.5 Å². The van der Waals surface area contributed by atoms with Crippen LogP contribution in [-0.4, -0.2) is 156 Å². The molecule has 0 bridgehead atoms. The van der Waals surface area contributed by atoms with Gasteiger partial charge in [0, 0.05) is 58.7 Å². The van der Waals surface area contributed by atoms with E-state index in [1.54, 1.807) is 0 Å². The number of aliphatic hydroxyl groups excluding tert-OH is 2. The third-order valence-electron chi connectivity index (χ3n) is 14.3. The van der Waals surface area contributed by atoms with E-state index in [1.165, 1.54) is 0 Å². The minimum atomic E-state index is -0.930. The van der Waals surface area contributed by atoms with Crippen LogP contribution in [0.25, 0.3) is 0 Å². The second-order valence-corrected chi connectivity index (χ2v) is 25.1. The summed E-state index contributed by atoms with van der Waals surface area (Å²) in [5, 5.41) is 27.6. The van der Waals surface area contributed by atoms with Crippen LogP contribution in [0, 0.1) is 10.8 Å². The van der Waals surface area contributed by atoms with E-state index in [0.29, 0.717) is 63.6 Å². The van der Waals surface area contributed by atoms with Gasteiger partial charge in [-0.1, -0.05) is 52.0 Å². The fraction of sp³-hybridized carbons (Fsp3) is 0.778. The van der Waals surface area contributed by atoms with E-state index >= 15 is 0 Å². The van der Waals surface area contributed by atoms with Crippen LogP contribution in [0.4, 0.5) is 0 Å². The second kappa shape index (κ2) is 20.2. The maximum Gasteiger partial charge on any atom is 0.171 e. The van der Waals surface area contributed by atoms with Gasteiger partial charge in [-0.2, -0.15) is 10.1 Å². The summed E-state index contributed by atoms with van der Waals surface area (Å²) in [5.41, 5.74) is 0.609.